The first-order valence-electron chi connectivity index (χ1n) is 7.93. The number of hydrogen-bond donors (Lipinski definition) is 1. The molecular weight excluding hydrogens is 353 g/mol. The molecule has 26 heavy (non-hydrogen) atoms. The zero-order valence-corrected chi connectivity index (χ0v) is 14.6. The monoisotopic (exact) mass is 367 g/mol. The van der Waals surface area contributed by atoms with Crippen molar-refractivity contribution in [3.05, 3.63) is 66.3 Å². The molecule has 4 aromatic rings. The Morgan fingerprint density at radius 1 is 1.04 bits per heavy atom. The summed E-state index contributed by atoms with van der Waals surface area (Å²) >= 11 is 1.35. The minimum absolute atomic E-state index is 0.149. The van der Waals surface area contributed by atoms with Gasteiger partial charge in [-0.1, -0.05) is 42.1 Å². The molecule has 0 aliphatic carbocycles. The Morgan fingerprint density at radius 3 is 2.62 bits per heavy atom. The molecule has 0 spiro atoms. The number of aromatic amines is 1. The molecule has 0 saturated heterocycles. The highest BCUT2D eigenvalue weighted by molar-refractivity contribution is 7.99. The smallest absolute Gasteiger partial charge is 0.247 e. The average Bonchev–Trinajstić information content (AvgIpc) is 3.33. The van der Waals surface area contributed by atoms with Crippen molar-refractivity contribution in [2.75, 3.05) is 0 Å². The lowest BCUT2D eigenvalue weighted by molar-refractivity contribution is 0.509. The quantitative estimate of drug-likeness (QED) is 0.523. The molecule has 2 aromatic heterocycles. The maximum absolute atomic E-state index is 13.8. The van der Waals surface area contributed by atoms with Gasteiger partial charge in [0.2, 0.25) is 16.9 Å². The van der Waals surface area contributed by atoms with Crippen LogP contribution in [0.15, 0.2) is 64.2 Å². The average molecular weight is 367 g/mol. The van der Waals surface area contributed by atoms with E-state index in [1.165, 1.54) is 17.8 Å². The molecular formula is C18H14FN5OS. The number of nitrogens with zero attached hydrogens (tertiary/aromatic N) is 4. The van der Waals surface area contributed by atoms with Gasteiger partial charge in [-0.05, 0) is 31.2 Å². The first-order chi connectivity index (χ1) is 12.7. The lowest BCUT2D eigenvalue weighted by atomic mass is 10.2. The third kappa shape index (κ3) is 3.36. The van der Waals surface area contributed by atoms with Crippen molar-refractivity contribution in [2.24, 2.45) is 0 Å². The number of H-pyrrole nitrogens is 1. The summed E-state index contributed by atoms with van der Waals surface area (Å²) in [5.41, 5.74) is 1.24. The summed E-state index contributed by atoms with van der Waals surface area (Å²) in [5.74, 6) is 0.979. The molecule has 2 aromatic carbocycles. The van der Waals surface area contributed by atoms with Crippen molar-refractivity contribution >= 4 is 11.8 Å². The van der Waals surface area contributed by atoms with Crippen molar-refractivity contribution < 1.29 is 8.81 Å². The molecule has 6 nitrogen and oxygen atoms in total. The molecule has 0 saturated carbocycles. The standard InChI is InChI=1S/C18H14FN5OS/c1-11(16-22-23-17(25-16)12-7-3-2-4-8-12)26-18-20-15(21-24-18)13-9-5-6-10-14(13)19/h2-11H,1H3,(H,20,21,24). The predicted octanol–water partition coefficient (Wildman–Crippen LogP) is 4.51. The minimum atomic E-state index is -0.349. The van der Waals surface area contributed by atoms with Crippen molar-refractivity contribution in [2.45, 2.75) is 17.3 Å². The third-order valence-electron chi connectivity index (χ3n) is 3.69. The fourth-order valence-electron chi connectivity index (χ4n) is 2.38. The maximum atomic E-state index is 13.8. The van der Waals surface area contributed by atoms with Crippen LogP contribution in [0.2, 0.25) is 0 Å². The van der Waals surface area contributed by atoms with Gasteiger partial charge in [-0.25, -0.2) is 9.37 Å². The van der Waals surface area contributed by atoms with Crippen LogP contribution >= 0.6 is 11.8 Å². The lowest BCUT2D eigenvalue weighted by Gasteiger charge is -2.02. The second kappa shape index (κ2) is 7.09. The van der Waals surface area contributed by atoms with Crippen LogP contribution < -0.4 is 0 Å². The van der Waals surface area contributed by atoms with E-state index in [-0.39, 0.29) is 11.1 Å². The van der Waals surface area contributed by atoms with Crippen LogP contribution in [0.4, 0.5) is 4.39 Å². The molecule has 1 atom stereocenters. The van der Waals surface area contributed by atoms with E-state index in [1.54, 1.807) is 18.2 Å². The number of halogens is 1. The highest BCUT2D eigenvalue weighted by Gasteiger charge is 2.19. The van der Waals surface area contributed by atoms with Crippen LogP contribution in [0.25, 0.3) is 22.8 Å². The van der Waals surface area contributed by atoms with Crippen LogP contribution in [0.1, 0.15) is 18.1 Å². The Balaban J connectivity index is 1.50. The number of thioether (sulfide) groups is 1. The molecule has 0 aliphatic rings. The van der Waals surface area contributed by atoms with Gasteiger partial charge in [0.05, 0.1) is 10.8 Å². The second-order valence-electron chi connectivity index (χ2n) is 5.52. The molecule has 0 radical (unpaired) electrons. The topological polar surface area (TPSA) is 80.5 Å². The van der Waals surface area contributed by atoms with Gasteiger partial charge in [0, 0.05) is 5.56 Å². The van der Waals surface area contributed by atoms with E-state index in [4.69, 9.17) is 4.42 Å². The van der Waals surface area contributed by atoms with Gasteiger partial charge >= 0.3 is 0 Å². The van der Waals surface area contributed by atoms with Gasteiger partial charge in [0.15, 0.2) is 5.82 Å². The highest BCUT2D eigenvalue weighted by atomic mass is 32.2. The molecule has 1 N–H and O–H groups in total. The molecule has 2 heterocycles. The zero-order chi connectivity index (χ0) is 17.9. The fourth-order valence-corrected chi connectivity index (χ4v) is 3.13. The first kappa shape index (κ1) is 16.5. The van der Waals surface area contributed by atoms with Gasteiger partial charge < -0.3 is 4.42 Å². The summed E-state index contributed by atoms with van der Waals surface area (Å²) in [4.78, 5) is 4.34. The van der Waals surface area contributed by atoms with Crippen molar-refractivity contribution in [1.29, 1.82) is 0 Å². The Bertz CT molecular complexity index is 1020. The zero-order valence-electron chi connectivity index (χ0n) is 13.8. The van der Waals surface area contributed by atoms with E-state index in [0.29, 0.717) is 28.3 Å². The summed E-state index contributed by atoms with van der Waals surface area (Å²) in [6.07, 6.45) is 0. The molecule has 0 aliphatic heterocycles. The van der Waals surface area contributed by atoms with Gasteiger partial charge in [-0.3, -0.25) is 5.10 Å². The second-order valence-corrected chi connectivity index (χ2v) is 6.83. The molecule has 1 unspecified atom stereocenters. The van der Waals surface area contributed by atoms with Crippen molar-refractivity contribution in [1.82, 2.24) is 25.4 Å². The van der Waals surface area contributed by atoms with Crippen LogP contribution in [0.5, 0.6) is 0 Å². The van der Waals surface area contributed by atoms with Crippen molar-refractivity contribution in [3.63, 3.8) is 0 Å². The van der Waals surface area contributed by atoms with Gasteiger partial charge in [-0.15, -0.1) is 15.3 Å². The van der Waals surface area contributed by atoms with Crippen molar-refractivity contribution in [3.8, 4) is 22.8 Å². The Morgan fingerprint density at radius 2 is 1.81 bits per heavy atom. The Hall–Kier alpha value is -3.00. The lowest BCUT2D eigenvalue weighted by Crippen LogP contribution is -1.90. The highest BCUT2D eigenvalue weighted by Crippen LogP contribution is 2.34. The molecule has 0 bridgehead atoms. The Kier molecular flexibility index (Phi) is 4.49. The SMILES string of the molecule is CC(Sc1n[nH]c(-c2ccccc2F)n1)c1nnc(-c2ccccc2)o1. The number of hydrogen-bond acceptors (Lipinski definition) is 6. The summed E-state index contributed by atoms with van der Waals surface area (Å²) < 4.78 is 19.6. The number of nitrogens with one attached hydrogen (secondary N) is 1. The van der Waals surface area contributed by atoms with Gasteiger partial charge in [0.1, 0.15) is 5.82 Å². The van der Waals surface area contributed by atoms with Gasteiger partial charge in [0.25, 0.3) is 0 Å². The maximum Gasteiger partial charge on any atom is 0.247 e. The van der Waals surface area contributed by atoms with E-state index >= 15 is 0 Å². The Labute approximate surface area is 152 Å². The third-order valence-corrected chi connectivity index (χ3v) is 4.63. The van der Waals surface area contributed by atoms with Crippen LogP contribution in [-0.2, 0) is 0 Å². The number of rotatable bonds is 5. The predicted molar refractivity (Wildman–Crippen MR) is 95.8 cm³/mol. The molecule has 8 heteroatoms. The van der Waals surface area contributed by atoms with Gasteiger partial charge in [-0.2, -0.15) is 0 Å². The molecule has 0 amide bonds. The van der Waals surface area contributed by atoms with Crippen LogP contribution in [0, 0.1) is 5.82 Å². The minimum Gasteiger partial charge on any atom is -0.419 e. The summed E-state index contributed by atoms with van der Waals surface area (Å²) in [5, 5.41) is 15.4. The molecule has 4 rings (SSSR count). The molecule has 0 fully saturated rings. The summed E-state index contributed by atoms with van der Waals surface area (Å²) in [6, 6.07) is 16.0. The normalized spacial score (nSPS) is 12.2. The van der Waals surface area contributed by atoms with Crippen LogP contribution in [-0.4, -0.2) is 25.4 Å². The summed E-state index contributed by atoms with van der Waals surface area (Å²) in [6.45, 7) is 1.92. The molecule has 130 valence electrons. The van der Waals surface area contributed by atoms with E-state index in [9.17, 15) is 4.39 Å². The summed E-state index contributed by atoms with van der Waals surface area (Å²) in [7, 11) is 0. The number of aromatic nitrogens is 5. The van der Waals surface area contributed by atoms with E-state index in [1.807, 2.05) is 37.3 Å². The van der Waals surface area contributed by atoms with E-state index in [0.717, 1.165) is 5.56 Å². The fraction of sp³-hybridized carbons (Fsp3) is 0.111. The van der Waals surface area contributed by atoms with Crippen LogP contribution in [0.3, 0.4) is 0 Å². The number of benzene rings is 2. The first-order valence-corrected chi connectivity index (χ1v) is 8.81. The largest absolute Gasteiger partial charge is 0.419 e. The van der Waals surface area contributed by atoms with E-state index in [2.05, 4.69) is 25.4 Å². The van der Waals surface area contributed by atoms with E-state index < -0.39 is 0 Å².